The third-order valence-electron chi connectivity index (χ3n) is 6.90. The van der Waals surface area contributed by atoms with Crippen LogP contribution < -0.4 is 11.1 Å². The Bertz CT molecular complexity index is 1730. The molecule has 0 aliphatic heterocycles. The van der Waals surface area contributed by atoms with Gasteiger partial charge < -0.3 is 16.0 Å². The number of halogens is 1. The maximum absolute atomic E-state index is 11.8. The van der Waals surface area contributed by atoms with Crippen LogP contribution in [0.1, 0.15) is 41.3 Å². The van der Waals surface area contributed by atoms with Crippen molar-refractivity contribution in [2.75, 3.05) is 19.4 Å². The Morgan fingerprint density at radius 1 is 1.34 bits per heavy atom. The van der Waals surface area contributed by atoms with Gasteiger partial charge >= 0.3 is 0 Å². The molecule has 0 bridgehead atoms. The molecule has 0 unspecified atom stereocenters. The molecular weight excluding hydrogens is 560 g/mol. The van der Waals surface area contributed by atoms with Gasteiger partial charge in [0.15, 0.2) is 17.2 Å². The molecule has 1 aliphatic rings. The van der Waals surface area contributed by atoms with E-state index in [4.69, 9.17) is 22.4 Å². The zero-order valence-corrected chi connectivity index (χ0v) is 24.5. The minimum atomic E-state index is -0.183. The van der Waals surface area contributed by atoms with Crippen molar-refractivity contribution in [3.63, 3.8) is 0 Å². The summed E-state index contributed by atoms with van der Waals surface area (Å²) in [5.41, 5.74) is 11.2. The van der Waals surface area contributed by atoms with Crippen LogP contribution in [0, 0.1) is 0 Å². The number of aliphatic imine (C=N–C) groups is 2. The first kappa shape index (κ1) is 28.2. The van der Waals surface area contributed by atoms with Crippen molar-refractivity contribution in [3.8, 4) is 11.3 Å². The normalized spacial score (nSPS) is 13.9. The number of amides is 1. The first-order valence-corrected chi connectivity index (χ1v) is 14.1. The summed E-state index contributed by atoms with van der Waals surface area (Å²) in [5, 5.41) is 8.61. The van der Waals surface area contributed by atoms with E-state index in [1.165, 1.54) is 18.3 Å². The average molecular weight is 589 g/mol. The lowest BCUT2D eigenvalue weighted by molar-refractivity contribution is -0.114. The van der Waals surface area contributed by atoms with Crippen LogP contribution in [0.5, 0.6) is 0 Å². The fraction of sp³-hybridized carbons (Fsp3) is 0.241. The highest BCUT2D eigenvalue weighted by atomic mass is 35.5. The second-order valence-corrected chi connectivity index (χ2v) is 11.1. The Labute approximate surface area is 246 Å². The summed E-state index contributed by atoms with van der Waals surface area (Å²) in [4.78, 5) is 38.6. The van der Waals surface area contributed by atoms with Crippen molar-refractivity contribution in [1.82, 2.24) is 19.7 Å². The van der Waals surface area contributed by atoms with E-state index >= 15 is 0 Å². The van der Waals surface area contributed by atoms with Crippen molar-refractivity contribution in [3.05, 3.63) is 63.8 Å². The monoisotopic (exact) mass is 588 g/mol. The number of carbonyl (C=O) groups is 2. The number of nitrogens with zero attached hydrogens (tertiary/aromatic N) is 6. The van der Waals surface area contributed by atoms with E-state index in [1.807, 2.05) is 43.5 Å². The topological polar surface area (TPSA) is 131 Å². The molecule has 2 aromatic carbocycles. The van der Waals surface area contributed by atoms with Crippen molar-refractivity contribution in [2.24, 2.45) is 15.7 Å². The van der Waals surface area contributed by atoms with Crippen LogP contribution in [-0.2, 0) is 11.3 Å². The molecule has 0 saturated heterocycles. The predicted octanol–water partition coefficient (Wildman–Crippen LogP) is 5.39. The zero-order valence-electron chi connectivity index (χ0n) is 22.9. The largest absolute Gasteiger partial charge is 0.383 e. The summed E-state index contributed by atoms with van der Waals surface area (Å²) < 4.78 is 2.63. The summed E-state index contributed by atoms with van der Waals surface area (Å²) >= 11 is 7.69. The number of rotatable bonds is 10. The molecule has 10 nitrogen and oxygen atoms in total. The van der Waals surface area contributed by atoms with Gasteiger partial charge in [-0.05, 0) is 49.4 Å². The third kappa shape index (κ3) is 5.77. The smallest absolute Gasteiger partial charge is 0.223 e. The van der Waals surface area contributed by atoms with E-state index in [9.17, 15) is 9.59 Å². The molecule has 0 radical (unpaired) electrons. The van der Waals surface area contributed by atoms with Crippen LogP contribution in [0.4, 0.5) is 10.9 Å². The summed E-state index contributed by atoms with van der Waals surface area (Å²) in [6.45, 7) is 5.60. The summed E-state index contributed by atoms with van der Waals surface area (Å²) in [6.07, 6.45) is 4.90. The Hall–Kier alpha value is -4.35. The Morgan fingerprint density at radius 2 is 2.12 bits per heavy atom. The number of aldehydes is 1. The third-order valence-corrected chi connectivity index (χ3v) is 8.17. The SMILES string of the molecule is C=Nc1c(C(N)=NC)c(-c2ccc3nc(NC(C)=O)sc3c2)nn1C/C(=C/c1cccc(Cl)c1C=O)N(C)C1CC1. The summed E-state index contributed by atoms with van der Waals surface area (Å²) in [7, 11) is 3.65. The molecule has 4 aromatic rings. The van der Waals surface area contributed by atoms with E-state index in [2.05, 4.69) is 31.9 Å². The second kappa shape index (κ2) is 11.6. The molecule has 1 amide bonds. The first-order chi connectivity index (χ1) is 19.7. The Balaban J connectivity index is 1.63. The number of likely N-dealkylation sites (N-methyl/N-ethyl adjacent to an activating group) is 1. The molecule has 5 rings (SSSR count). The number of anilines is 1. The number of fused-ring (bicyclic) bond motifs is 1. The maximum atomic E-state index is 11.8. The molecular formula is C29H29ClN8O2S. The van der Waals surface area contributed by atoms with Crippen molar-refractivity contribution in [2.45, 2.75) is 32.4 Å². The fourth-order valence-electron chi connectivity index (χ4n) is 4.64. The van der Waals surface area contributed by atoms with Gasteiger partial charge in [0.25, 0.3) is 0 Å². The van der Waals surface area contributed by atoms with Crippen LogP contribution in [-0.4, -0.2) is 64.5 Å². The lowest BCUT2D eigenvalue weighted by Crippen LogP contribution is -2.24. The predicted molar refractivity (Wildman–Crippen MR) is 167 cm³/mol. The highest BCUT2D eigenvalue weighted by Gasteiger charge is 2.29. The van der Waals surface area contributed by atoms with Gasteiger partial charge in [0.1, 0.15) is 11.5 Å². The zero-order chi connectivity index (χ0) is 29.3. The minimum Gasteiger partial charge on any atom is -0.383 e. The van der Waals surface area contributed by atoms with Gasteiger partial charge in [0.2, 0.25) is 5.91 Å². The minimum absolute atomic E-state index is 0.183. The highest BCUT2D eigenvalue weighted by Crippen LogP contribution is 2.36. The van der Waals surface area contributed by atoms with Gasteiger partial charge in [-0.1, -0.05) is 41.1 Å². The van der Waals surface area contributed by atoms with Crippen LogP contribution in [0.15, 0.2) is 52.1 Å². The van der Waals surface area contributed by atoms with E-state index < -0.39 is 0 Å². The van der Waals surface area contributed by atoms with Crippen LogP contribution >= 0.6 is 22.9 Å². The quantitative estimate of drug-likeness (QED) is 0.145. The number of nitrogens with one attached hydrogen (secondary N) is 1. The molecule has 1 fully saturated rings. The number of aromatic nitrogens is 3. The second-order valence-electron chi connectivity index (χ2n) is 9.69. The number of nitrogens with two attached hydrogens (primary N) is 1. The highest BCUT2D eigenvalue weighted by molar-refractivity contribution is 7.22. The Kier molecular flexibility index (Phi) is 8.00. The van der Waals surface area contributed by atoms with Gasteiger partial charge in [0, 0.05) is 43.9 Å². The fourth-order valence-corrected chi connectivity index (χ4v) is 5.82. The van der Waals surface area contributed by atoms with Crippen molar-refractivity contribution in [1.29, 1.82) is 0 Å². The first-order valence-electron chi connectivity index (χ1n) is 12.9. The number of thiazole rings is 1. The van der Waals surface area contributed by atoms with Crippen molar-refractivity contribution < 1.29 is 9.59 Å². The number of allylic oxidation sites excluding steroid dienone is 1. The van der Waals surface area contributed by atoms with Gasteiger partial charge in [-0.25, -0.2) is 14.7 Å². The average Bonchev–Trinajstić information content (AvgIpc) is 3.63. The molecule has 41 heavy (non-hydrogen) atoms. The lowest BCUT2D eigenvalue weighted by Gasteiger charge is -2.23. The van der Waals surface area contributed by atoms with E-state index in [-0.39, 0.29) is 11.7 Å². The lowest BCUT2D eigenvalue weighted by atomic mass is 10.1. The molecule has 1 aliphatic carbocycles. The van der Waals surface area contributed by atoms with E-state index in [0.717, 1.165) is 46.2 Å². The van der Waals surface area contributed by atoms with Gasteiger partial charge in [0.05, 0.1) is 27.3 Å². The van der Waals surface area contributed by atoms with Gasteiger partial charge in [-0.15, -0.1) is 0 Å². The van der Waals surface area contributed by atoms with Crippen LogP contribution in [0.2, 0.25) is 5.02 Å². The number of hydrogen-bond donors (Lipinski definition) is 2. The van der Waals surface area contributed by atoms with Crippen LogP contribution in [0.3, 0.4) is 0 Å². The summed E-state index contributed by atoms with van der Waals surface area (Å²) in [5.74, 6) is 0.566. The number of hydrogen-bond acceptors (Lipinski definition) is 8. The number of benzene rings is 2. The molecule has 3 N–H and O–H groups in total. The standard InChI is InChI=1S/C29H29ClN8O2S/c1-16(40)34-29-35-23-11-8-18(13-24(23)41-29)26-25(27(31)32-2)28(33-3)38(36-26)14-20(37(4)19-9-10-19)12-17-6-5-7-22(30)21(17)15-39/h5-8,11-13,15,19H,3,9-10,14H2,1-2,4H3,(H2,31,32)(H,34,35,40)/b20-12-. The molecule has 0 atom stereocenters. The van der Waals surface area contributed by atoms with Gasteiger partial charge in [-0.2, -0.15) is 5.10 Å². The van der Waals surface area contributed by atoms with E-state index in [1.54, 1.807) is 17.8 Å². The van der Waals surface area contributed by atoms with E-state index in [0.29, 0.717) is 45.4 Å². The maximum Gasteiger partial charge on any atom is 0.223 e. The number of carbonyl (C=O) groups excluding carboxylic acids is 2. The molecule has 210 valence electrons. The molecule has 0 spiro atoms. The summed E-state index contributed by atoms with van der Waals surface area (Å²) in [6, 6.07) is 11.5. The molecule has 2 heterocycles. The Morgan fingerprint density at radius 3 is 2.78 bits per heavy atom. The van der Waals surface area contributed by atoms with Gasteiger partial charge in [-0.3, -0.25) is 14.6 Å². The molecule has 1 saturated carbocycles. The molecule has 12 heteroatoms. The molecule has 2 aromatic heterocycles. The van der Waals surface area contributed by atoms with Crippen molar-refractivity contribution >= 4 is 74.9 Å². The van der Waals surface area contributed by atoms with Crippen LogP contribution in [0.25, 0.3) is 27.6 Å². The number of amidine groups is 1.